The van der Waals surface area contributed by atoms with Gasteiger partial charge in [0.2, 0.25) is 5.91 Å². The Morgan fingerprint density at radius 2 is 1.71 bits per heavy atom. The van der Waals surface area contributed by atoms with Gasteiger partial charge in [0.25, 0.3) is 0 Å². The zero-order valence-corrected chi connectivity index (χ0v) is 10.2. The van der Waals surface area contributed by atoms with Gasteiger partial charge in [-0.05, 0) is 39.0 Å². The summed E-state index contributed by atoms with van der Waals surface area (Å²) in [6.45, 7) is 2.78. The molecule has 0 bridgehead atoms. The number of carbonyl (C=O) groups is 2. The summed E-state index contributed by atoms with van der Waals surface area (Å²) in [5.74, 6) is -0.758. The fraction of sp³-hybridized carbons (Fsp3) is 0.833. The SMILES string of the molecule is CC1(C(=O)O)CCN(C(=O)C2(N)CCC2)CC1. The van der Waals surface area contributed by atoms with E-state index in [1.807, 2.05) is 0 Å². The third kappa shape index (κ3) is 2.04. The Morgan fingerprint density at radius 1 is 1.18 bits per heavy atom. The van der Waals surface area contributed by atoms with Crippen LogP contribution in [0.5, 0.6) is 0 Å². The maximum absolute atomic E-state index is 12.1. The van der Waals surface area contributed by atoms with Crippen molar-refractivity contribution in [3.8, 4) is 0 Å². The normalized spacial score (nSPS) is 26.1. The van der Waals surface area contributed by atoms with Crippen LogP contribution in [0.15, 0.2) is 0 Å². The van der Waals surface area contributed by atoms with Gasteiger partial charge in [-0.1, -0.05) is 0 Å². The quantitative estimate of drug-likeness (QED) is 0.739. The van der Waals surface area contributed by atoms with E-state index in [2.05, 4.69) is 0 Å². The van der Waals surface area contributed by atoms with Crippen molar-refractivity contribution < 1.29 is 14.7 Å². The van der Waals surface area contributed by atoms with Crippen LogP contribution in [-0.4, -0.2) is 40.5 Å². The summed E-state index contributed by atoms with van der Waals surface area (Å²) >= 11 is 0. The van der Waals surface area contributed by atoms with E-state index in [1.54, 1.807) is 11.8 Å². The van der Waals surface area contributed by atoms with Gasteiger partial charge in [-0.2, -0.15) is 0 Å². The highest BCUT2D eigenvalue weighted by molar-refractivity contribution is 5.87. The van der Waals surface area contributed by atoms with Crippen LogP contribution in [0.2, 0.25) is 0 Å². The van der Waals surface area contributed by atoms with Crippen molar-refractivity contribution in [2.45, 2.75) is 44.6 Å². The number of hydrogen-bond donors (Lipinski definition) is 2. The number of hydrogen-bond acceptors (Lipinski definition) is 3. The Bertz CT molecular complexity index is 342. The number of carboxylic acids is 1. The van der Waals surface area contributed by atoms with Crippen LogP contribution < -0.4 is 5.73 Å². The summed E-state index contributed by atoms with van der Waals surface area (Å²) in [5.41, 5.74) is 4.66. The molecule has 0 aromatic heterocycles. The van der Waals surface area contributed by atoms with E-state index in [0.29, 0.717) is 25.9 Å². The van der Waals surface area contributed by atoms with Crippen molar-refractivity contribution >= 4 is 11.9 Å². The monoisotopic (exact) mass is 240 g/mol. The predicted octanol–water partition coefficient (Wildman–Crippen LogP) is 0.581. The van der Waals surface area contributed by atoms with Crippen LogP contribution in [0.25, 0.3) is 0 Å². The average Bonchev–Trinajstić information content (AvgIpc) is 2.26. The first-order valence-corrected chi connectivity index (χ1v) is 6.19. The first kappa shape index (κ1) is 12.4. The van der Waals surface area contributed by atoms with E-state index in [-0.39, 0.29) is 5.91 Å². The number of likely N-dealkylation sites (tertiary alicyclic amines) is 1. The van der Waals surface area contributed by atoms with E-state index in [0.717, 1.165) is 19.3 Å². The van der Waals surface area contributed by atoms with Crippen molar-refractivity contribution in [2.75, 3.05) is 13.1 Å². The van der Waals surface area contributed by atoms with Crippen LogP contribution >= 0.6 is 0 Å². The van der Waals surface area contributed by atoms with Crippen molar-refractivity contribution in [3.05, 3.63) is 0 Å². The maximum atomic E-state index is 12.1. The average molecular weight is 240 g/mol. The van der Waals surface area contributed by atoms with Gasteiger partial charge in [-0.15, -0.1) is 0 Å². The maximum Gasteiger partial charge on any atom is 0.309 e. The molecule has 0 aromatic rings. The first-order valence-electron chi connectivity index (χ1n) is 6.19. The molecular formula is C12H20N2O3. The molecule has 0 aromatic carbocycles. The molecule has 1 saturated carbocycles. The molecule has 0 radical (unpaired) electrons. The number of aliphatic carboxylic acids is 1. The lowest BCUT2D eigenvalue weighted by atomic mass is 9.75. The zero-order valence-electron chi connectivity index (χ0n) is 10.2. The second-order valence-corrected chi connectivity index (χ2v) is 5.67. The van der Waals surface area contributed by atoms with Crippen LogP contribution in [0.4, 0.5) is 0 Å². The van der Waals surface area contributed by atoms with Gasteiger partial charge >= 0.3 is 5.97 Å². The molecule has 5 heteroatoms. The summed E-state index contributed by atoms with van der Waals surface area (Å²) in [5, 5.41) is 9.11. The molecule has 0 spiro atoms. The number of carboxylic acid groups (broad SMARTS) is 1. The van der Waals surface area contributed by atoms with E-state index < -0.39 is 16.9 Å². The molecular weight excluding hydrogens is 220 g/mol. The van der Waals surface area contributed by atoms with Gasteiger partial charge in [0.1, 0.15) is 0 Å². The number of piperidine rings is 1. The lowest BCUT2D eigenvalue weighted by molar-refractivity contribution is -0.154. The van der Waals surface area contributed by atoms with E-state index >= 15 is 0 Å². The Morgan fingerprint density at radius 3 is 2.06 bits per heavy atom. The van der Waals surface area contributed by atoms with Gasteiger partial charge in [0.05, 0.1) is 11.0 Å². The molecule has 1 heterocycles. The standard InChI is InChI=1S/C12H20N2O3/c1-11(10(16)17)5-7-14(8-6-11)9(15)12(13)3-2-4-12/h2-8,13H2,1H3,(H,16,17). The minimum atomic E-state index is -0.768. The molecule has 1 aliphatic carbocycles. The lowest BCUT2D eigenvalue weighted by Gasteiger charge is -2.44. The summed E-state index contributed by atoms with van der Waals surface area (Å²) in [6, 6.07) is 0. The summed E-state index contributed by atoms with van der Waals surface area (Å²) in [7, 11) is 0. The van der Waals surface area contributed by atoms with Crippen molar-refractivity contribution in [3.63, 3.8) is 0 Å². The third-order valence-corrected chi connectivity index (χ3v) is 4.34. The second kappa shape index (κ2) is 3.98. The molecule has 2 rings (SSSR count). The van der Waals surface area contributed by atoms with Crippen LogP contribution in [0.3, 0.4) is 0 Å². The molecule has 17 heavy (non-hydrogen) atoms. The van der Waals surface area contributed by atoms with Crippen LogP contribution in [0.1, 0.15) is 39.0 Å². The molecule has 2 fully saturated rings. The minimum absolute atomic E-state index is 0.0104. The Balaban J connectivity index is 1.95. The van der Waals surface area contributed by atoms with Gasteiger partial charge in [0, 0.05) is 13.1 Å². The van der Waals surface area contributed by atoms with Gasteiger partial charge in [-0.25, -0.2) is 0 Å². The van der Waals surface area contributed by atoms with E-state index in [4.69, 9.17) is 10.8 Å². The van der Waals surface area contributed by atoms with E-state index in [9.17, 15) is 9.59 Å². The molecule has 0 atom stereocenters. The summed E-state index contributed by atoms with van der Waals surface area (Å²) in [6.07, 6.45) is 3.58. The zero-order chi connectivity index (χ0) is 12.7. The number of rotatable bonds is 2. The van der Waals surface area contributed by atoms with Crippen molar-refractivity contribution in [1.29, 1.82) is 0 Å². The van der Waals surface area contributed by atoms with Gasteiger partial charge in [0.15, 0.2) is 0 Å². The second-order valence-electron chi connectivity index (χ2n) is 5.67. The Kier molecular flexibility index (Phi) is 2.89. The Labute approximate surface area is 101 Å². The predicted molar refractivity (Wildman–Crippen MR) is 62.3 cm³/mol. The van der Waals surface area contributed by atoms with Crippen molar-refractivity contribution in [2.24, 2.45) is 11.1 Å². The fourth-order valence-electron chi connectivity index (χ4n) is 2.50. The highest BCUT2D eigenvalue weighted by Gasteiger charge is 2.45. The molecule has 3 N–H and O–H groups in total. The minimum Gasteiger partial charge on any atom is -0.481 e. The summed E-state index contributed by atoms with van der Waals surface area (Å²) < 4.78 is 0. The number of nitrogens with two attached hydrogens (primary N) is 1. The van der Waals surface area contributed by atoms with Crippen LogP contribution in [-0.2, 0) is 9.59 Å². The van der Waals surface area contributed by atoms with Crippen LogP contribution in [0, 0.1) is 5.41 Å². The highest BCUT2D eigenvalue weighted by Crippen LogP contribution is 2.35. The third-order valence-electron chi connectivity index (χ3n) is 4.34. The molecule has 5 nitrogen and oxygen atoms in total. The topological polar surface area (TPSA) is 83.6 Å². The number of carbonyl (C=O) groups excluding carboxylic acids is 1. The van der Waals surface area contributed by atoms with E-state index in [1.165, 1.54) is 0 Å². The number of nitrogens with zero attached hydrogens (tertiary/aromatic N) is 1. The Hall–Kier alpha value is -1.10. The molecule has 1 aliphatic heterocycles. The smallest absolute Gasteiger partial charge is 0.309 e. The van der Waals surface area contributed by atoms with Crippen molar-refractivity contribution in [1.82, 2.24) is 4.90 Å². The highest BCUT2D eigenvalue weighted by atomic mass is 16.4. The lowest BCUT2D eigenvalue weighted by Crippen LogP contribution is -2.61. The molecule has 1 saturated heterocycles. The molecule has 1 amide bonds. The molecule has 2 aliphatic rings. The fourth-order valence-corrected chi connectivity index (χ4v) is 2.50. The van der Waals surface area contributed by atoms with Gasteiger partial charge < -0.3 is 15.7 Å². The molecule has 96 valence electrons. The summed E-state index contributed by atoms with van der Waals surface area (Å²) in [4.78, 5) is 25.0. The molecule has 0 unspecified atom stereocenters. The largest absolute Gasteiger partial charge is 0.481 e. The first-order chi connectivity index (χ1) is 7.87. The van der Waals surface area contributed by atoms with Gasteiger partial charge in [-0.3, -0.25) is 9.59 Å². The number of amides is 1.